The molecule has 0 unspecified atom stereocenters. The molecule has 2 heteroatoms. The Balaban J connectivity index is 2.13. The summed E-state index contributed by atoms with van der Waals surface area (Å²) in [6.07, 6.45) is 4.98. The van der Waals surface area contributed by atoms with Gasteiger partial charge in [-0.15, -0.1) is 0 Å². The van der Waals surface area contributed by atoms with E-state index in [1.165, 1.54) is 0 Å². The van der Waals surface area contributed by atoms with Crippen LogP contribution < -0.4 is 5.32 Å². The fraction of sp³-hybridized carbons (Fsp3) is 0.750. The van der Waals surface area contributed by atoms with Crippen molar-refractivity contribution in [2.45, 2.75) is 12.5 Å². The zero-order valence-electron chi connectivity index (χ0n) is 5.96. The van der Waals surface area contributed by atoms with E-state index in [9.17, 15) is 5.11 Å². The minimum absolute atomic E-state index is 0.186. The summed E-state index contributed by atoms with van der Waals surface area (Å²) in [4.78, 5) is 0. The topological polar surface area (TPSA) is 32.3 Å². The Morgan fingerprint density at radius 3 is 3.10 bits per heavy atom. The average Bonchev–Trinajstić information content (AvgIpc) is 2.36. The number of hydrogen-bond donors (Lipinski definition) is 2. The molecule has 2 aliphatic rings. The predicted octanol–water partition coefficient (Wildman–Crippen LogP) is 0.143. The average molecular weight is 139 g/mol. The largest absolute Gasteiger partial charge is 0.389 e. The molecule has 0 amide bonds. The molecule has 0 aromatic rings. The van der Waals surface area contributed by atoms with E-state index in [1.54, 1.807) is 0 Å². The van der Waals surface area contributed by atoms with Gasteiger partial charge in [0.2, 0.25) is 0 Å². The van der Waals surface area contributed by atoms with Crippen LogP contribution in [0.5, 0.6) is 0 Å². The van der Waals surface area contributed by atoms with Gasteiger partial charge in [-0.1, -0.05) is 12.2 Å². The van der Waals surface area contributed by atoms with Crippen molar-refractivity contribution in [2.24, 2.45) is 11.8 Å². The molecule has 0 spiro atoms. The minimum Gasteiger partial charge on any atom is -0.389 e. The molecule has 10 heavy (non-hydrogen) atoms. The Morgan fingerprint density at radius 1 is 1.40 bits per heavy atom. The summed E-state index contributed by atoms with van der Waals surface area (Å²) < 4.78 is 0. The highest BCUT2D eigenvalue weighted by molar-refractivity contribution is 5.04. The normalized spacial score (nSPS) is 45.5. The van der Waals surface area contributed by atoms with E-state index in [2.05, 4.69) is 11.4 Å². The van der Waals surface area contributed by atoms with E-state index in [4.69, 9.17) is 0 Å². The van der Waals surface area contributed by atoms with Crippen LogP contribution in [0.4, 0.5) is 0 Å². The number of rotatable bonds is 0. The summed E-state index contributed by atoms with van der Waals surface area (Å²) in [7, 11) is 0. The van der Waals surface area contributed by atoms with Crippen LogP contribution in [0.3, 0.4) is 0 Å². The van der Waals surface area contributed by atoms with Gasteiger partial charge >= 0.3 is 0 Å². The van der Waals surface area contributed by atoms with Crippen molar-refractivity contribution >= 4 is 0 Å². The smallest absolute Gasteiger partial charge is 0.0764 e. The lowest BCUT2D eigenvalue weighted by molar-refractivity contribution is 0.129. The van der Waals surface area contributed by atoms with E-state index in [1.807, 2.05) is 6.08 Å². The van der Waals surface area contributed by atoms with Crippen LogP contribution in [0, 0.1) is 11.8 Å². The van der Waals surface area contributed by atoms with Crippen molar-refractivity contribution < 1.29 is 5.11 Å². The number of hydrogen-bond acceptors (Lipinski definition) is 2. The third-order valence-electron chi connectivity index (χ3n) is 2.60. The molecule has 2 nitrogen and oxygen atoms in total. The summed E-state index contributed by atoms with van der Waals surface area (Å²) in [5, 5.41) is 12.7. The summed E-state index contributed by atoms with van der Waals surface area (Å²) >= 11 is 0. The summed E-state index contributed by atoms with van der Waals surface area (Å²) in [5.41, 5.74) is 0. The first-order valence-corrected chi connectivity index (χ1v) is 3.93. The van der Waals surface area contributed by atoms with Crippen LogP contribution in [-0.4, -0.2) is 24.3 Å². The highest BCUT2D eigenvalue weighted by Crippen LogP contribution is 2.28. The van der Waals surface area contributed by atoms with E-state index in [-0.39, 0.29) is 6.10 Å². The fourth-order valence-electron chi connectivity index (χ4n) is 1.95. The Bertz CT molecular complexity index is 155. The molecule has 1 aliphatic heterocycles. The molecule has 2 rings (SSSR count). The van der Waals surface area contributed by atoms with Crippen LogP contribution in [0.2, 0.25) is 0 Å². The second-order valence-corrected chi connectivity index (χ2v) is 3.24. The molecular formula is C8H13NO. The number of allylic oxidation sites excluding steroid dienone is 1. The molecule has 56 valence electrons. The van der Waals surface area contributed by atoms with Gasteiger partial charge in [0.05, 0.1) is 6.10 Å². The molecule has 0 saturated carbocycles. The zero-order valence-corrected chi connectivity index (χ0v) is 5.96. The van der Waals surface area contributed by atoms with Crippen LogP contribution in [0.15, 0.2) is 12.2 Å². The van der Waals surface area contributed by atoms with Crippen molar-refractivity contribution in [1.82, 2.24) is 5.32 Å². The lowest BCUT2D eigenvalue weighted by Crippen LogP contribution is -2.27. The van der Waals surface area contributed by atoms with Gasteiger partial charge in [-0.3, -0.25) is 0 Å². The third-order valence-corrected chi connectivity index (χ3v) is 2.60. The fourth-order valence-corrected chi connectivity index (χ4v) is 1.95. The maximum Gasteiger partial charge on any atom is 0.0764 e. The Morgan fingerprint density at radius 2 is 2.30 bits per heavy atom. The van der Waals surface area contributed by atoms with E-state index in [0.717, 1.165) is 19.5 Å². The molecular weight excluding hydrogens is 126 g/mol. The molecule has 1 heterocycles. The monoisotopic (exact) mass is 139 g/mol. The van der Waals surface area contributed by atoms with Gasteiger partial charge in [0, 0.05) is 12.5 Å². The Kier molecular flexibility index (Phi) is 1.51. The second-order valence-electron chi connectivity index (χ2n) is 3.24. The molecule has 1 saturated heterocycles. The van der Waals surface area contributed by atoms with Crippen LogP contribution in [0.25, 0.3) is 0 Å². The molecule has 1 aliphatic carbocycles. The van der Waals surface area contributed by atoms with Crippen molar-refractivity contribution in [2.75, 3.05) is 13.1 Å². The van der Waals surface area contributed by atoms with Crippen molar-refractivity contribution in [3.8, 4) is 0 Å². The van der Waals surface area contributed by atoms with Crippen LogP contribution >= 0.6 is 0 Å². The lowest BCUT2D eigenvalue weighted by atomic mass is 9.84. The minimum atomic E-state index is -0.186. The molecule has 0 bridgehead atoms. The highest BCUT2D eigenvalue weighted by atomic mass is 16.3. The van der Waals surface area contributed by atoms with Gasteiger partial charge in [0.25, 0.3) is 0 Å². The zero-order chi connectivity index (χ0) is 6.97. The first-order chi connectivity index (χ1) is 4.88. The van der Waals surface area contributed by atoms with Crippen molar-refractivity contribution in [3.63, 3.8) is 0 Å². The predicted molar refractivity (Wildman–Crippen MR) is 39.6 cm³/mol. The SMILES string of the molecule is O[C@@H]1C=CC[C@@H]2CNC[C@@H]21. The number of aliphatic hydroxyl groups is 1. The Labute approximate surface area is 60.9 Å². The van der Waals surface area contributed by atoms with Gasteiger partial charge < -0.3 is 10.4 Å². The van der Waals surface area contributed by atoms with E-state index in [0.29, 0.717) is 11.8 Å². The number of nitrogens with one attached hydrogen (secondary N) is 1. The lowest BCUT2D eigenvalue weighted by Gasteiger charge is -2.24. The quantitative estimate of drug-likeness (QED) is 0.468. The molecule has 2 N–H and O–H groups in total. The molecule has 0 aromatic heterocycles. The second kappa shape index (κ2) is 2.36. The van der Waals surface area contributed by atoms with Gasteiger partial charge in [-0.2, -0.15) is 0 Å². The highest BCUT2D eigenvalue weighted by Gasteiger charge is 2.32. The van der Waals surface area contributed by atoms with Crippen LogP contribution in [-0.2, 0) is 0 Å². The molecule has 0 radical (unpaired) electrons. The standard InChI is InChI=1S/C8H13NO/c10-8-3-1-2-6-4-9-5-7(6)8/h1,3,6-10H,2,4-5H2/t6-,7+,8-/m1/s1. The summed E-state index contributed by atoms with van der Waals surface area (Å²) in [6, 6.07) is 0. The number of fused-ring (bicyclic) bond motifs is 1. The first kappa shape index (κ1) is 6.38. The molecule has 0 aromatic carbocycles. The maximum absolute atomic E-state index is 9.45. The first-order valence-electron chi connectivity index (χ1n) is 3.93. The van der Waals surface area contributed by atoms with E-state index >= 15 is 0 Å². The van der Waals surface area contributed by atoms with Crippen LogP contribution in [0.1, 0.15) is 6.42 Å². The number of aliphatic hydroxyl groups excluding tert-OH is 1. The van der Waals surface area contributed by atoms with Gasteiger partial charge in [-0.25, -0.2) is 0 Å². The van der Waals surface area contributed by atoms with Gasteiger partial charge in [0.1, 0.15) is 0 Å². The Hall–Kier alpha value is -0.340. The molecule has 3 atom stereocenters. The summed E-state index contributed by atoms with van der Waals surface area (Å²) in [5.74, 6) is 1.19. The summed E-state index contributed by atoms with van der Waals surface area (Å²) in [6.45, 7) is 2.09. The third kappa shape index (κ3) is 0.879. The van der Waals surface area contributed by atoms with Gasteiger partial charge in [0.15, 0.2) is 0 Å². The van der Waals surface area contributed by atoms with Gasteiger partial charge in [-0.05, 0) is 18.9 Å². The molecule has 1 fully saturated rings. The van der Waals surface area contributed by atoms with E-state index < -0.39 is 0 Å². The van der Waals surface area contributed by atoms with Crippen molar-refractivity contribution in [3.05, 3.63) is 12.2 Å². The maximum atomic E-state index is 9.45. The van der Waals surface area contributed by atoms with Crippen molar-refractivity contribution in [1.29, 1.82) is 0 Å².